The van der Waals surface area contributed by atoms with E-state index in [0.29, 0.717) is 6.04 Å². The van der Waals surface area contributed by atoms with E-state index in [9.17, 15) is 0 Å². The van der Waals surface area contributed by atoms with E-state index in [0.717, 1.165) is 16.6 Å². The van der Waals surface area contributed by atoms with Gasteiger partial charge in [0.25, 0.3) is 0 Å². The van der Waals surface area contributed by atoms with Gasteiger partial charge in [0.15, 0.2) is 0 Å². The second kappa shape index (κ2) is 8.15. The van der Waals surface area contributed by atoms with Crippen LogP contribution in [0.25, 0.3) is 0 Å². The topological polar surface area (TPSA) is 26.0 Å². The van der Waals surface area contributed by atoms with Gasteiger partial charge in [0.2, 0.25) is 0 Å². The van der Waals surface area contributed by atoms with Crippen LogP contribution in [0.2, 0.25) is 0 Å². The molecule has 1 nitrogen and oxygen atoms in total. The fraction of sp³-hybridized carbons (Fsp3) is 0.538. The van der Waals surface area contributed by atoms with Crippen LogP contribution in [0.4, 0.5) is 0 Å². The zero-order chi connectivity index (χ0) is 11.8. The molecular formula is C13H20BrNS. The molecule has 2 N–H and O–H groups in total. The predicted octanol–water partition coefficient (Wildman–Crippen LogP) is 4.45. The fourth-order valence-corrected chi connectivity index (χ4v) is 3.01. The normalized spacial score (nSPS) is 12.7. The summed E-state index contributed by atoms with van der Waals surface area (Å²) >= 11 is 5.32. The lowest BCUT2D eigenvalue weighted by molar-refractivity contribution is 0.597. The molecule has 0 fully saturated rings. The van der Waals surface area contributed by atoms with Crippen molar-refractivity contribution in [1.29, 1.82) is 0 Å². The van der Waals surface area contributed by atoms with Crippen molar-refractivity contribution < 1.29 is 0 Å². The van der Waals surface area contributed by atoms with E-state index in [4.69, 9.17) is 5.73 Å². The summed E-state index contributed by atoms with van der Waals surface area (Å²) in [5.74, 6) is 1.01. The van der Waals surface area contributed by atoms with Crippen molar-refractivity contribution in [3.05, 3.63) is 28.7 Å². The van der Waals surface area contributed by atoms with Crippen molar-refractivity contribution in [1.82, 2.24) is 0 Å². The van der Waals surface area contributed by atoms with Crippen LogP contribution in [0.15, 0.2) is 33.6 Å². The maximum atomic E-state index is 6.07. The largest absolute Gasteiger partial charge is 0.327 e. The van der Waals surface area contributed by atoms with Crippen molar-refractivity contribution in [2.45, 2.75) is 43.5 Å². The van der Waals surface area contributed by atoms with Crippen molar-refractivity contribution in [3.8, 4) is 0 Å². The number of hydrogen-bond acceptors (Lipinski definition) is 2. The van der Waals surface area contributed by atoms with Gasteiger partial charge < -0.3 is 5.73 Å². The van der Waals surface area contributed by atoms with Gasteiger partial charge in [-0.15, -0.1) is 11.8 Å². The maximum absolute atomic E-state index is 6.07. The van der Waals surface area contributed by atoms with E-state index >= 15 is 0 Å². The average Bonchev–Trinajstić information content (AvgIpc) is 2.27. The fourth-order valence-electron chi connectivity index (χ4n) is 1.50. The second-order valence-corrected chi connectivity index (χ2v) is 6.03. The molecule has 3 heteroatoms. The quantitative estimate of drug-likeness (QED) is 0.595. The van der Waals surface area contributed by atoms with Gasteiger partial charge in [-0.05, 0) is 24.6 Å². The van der Waals surface area contributed by atoms with Crippen molar-refractivity contribution in [2.24, 2.45) is 5.73 Å². The smallest absolute Gasteiger partial charge is 0.0186 e. The third-order valence-electron chi connectivity index (χ3n) is 2.44. The molecule has 1 rings (SSSR count). The average molecular weight is 302 g/mol. The highest BCUT2D eigenvalue weighted by Gasteiger charge is 2.03. The summed E-state index contributed by atoms with van der Waals surface area (Å²) in [6.07, 6.45) is 4.98. The number of nitrogens with two attached hydrogens (primary N) is 1. The van der Waals surface area contributed by atoms with Crippen LogP contribution >= 0.6 is 27.7 Å². The van der Waals surface area contributed by atoms with E-state index in [2.05, 4.69) is 41.1 Å². The van der Waals surface area contributed by atoms with Gasteiger partial charge >= 0.3 is 0 Å². The van der Waals surface area contributed by atoms with Crippen molar-refractivity contribution in [2.75, 3.05) is 5.75 Å². The number of hydrogen-bond donors (Lipinski definition) is 1. The molecule has 0 saturated carbocycles. The van der Waals surface area contributed by atoms with Gasteiger partial charge in [0.1, 0.15) is 0 Å². The molecule has 1 unspecified atom stereocenters. The molecule has 0 aliphatic rings. The number of thioether (sulfide) groups is 1. The lowest BCUT2D eigenvalue weighted by atomic mass is 10.1. The van der Waals surface area contributed by atoms with Crippen LogP contribution in [0.5, 0.6) is 0 Å². The first-order valence-electron chi connectivity index (χ1n) is 5.86. The van der Waals surface area contributed by atoms with E-state index in [1.165, 1.54) is 24.2 Å². The van der Waals surface area contributed by atoms with Crippen LogP contribution in [-0.4, -0.2) is 11.8 Å². The summed E-state index contributed by atoms with van der Waals surface area (Å²) in [6, 6.07) is 8.72. The minimum atomic E-state index is 0.329. The molecule has 0 aliphatic carbocycles. The standard InChI is InChI=1S/C13H20BrNS/c1-2-3-4-7-12(15)10-16-13-8-5-6-11(14)9-13/h5-6,8-9,12H,2-4,7,10,15H2,1H3. The Labute approximate surface area is 111 Å². The third kappa shape index (κ3) is 5.92. The summed E-state index contributed by atoms with van der Waals surface area (Å²) in [6.45, 7) is 2.22. The first-order valence-corrected chi connectivity index (χ1v) is 7.64. The number of rotatable bonds is 7. The first-order chi connectivity index (χ1) is 7.72. The van der Waals surface area contributed by atoms with Gasteiger partial charge in [-0.1, -0.05) is 48.2 Å². The SMILES string of the molecule is CCCCCC(N)CSc1cccc(Br)c1. The van der Waals surface area contributed by atoms with Gasteiger partial charge in [0, 0.05) is 21.2 Å². The lowest BCUT2D eigenvalue weighted by Crippen LogP contribution is -2.22. The molecule has 1 atom stereocenters. The summed E-state index contributed by atoms with van der Waals surface area (Å²) in [5.41, 5.74) is 6.07. The maximum Gasteiger partial charge on any atom is 0.0186 e. The van der Waals surface area contributed by atoms with Crippen LogP contribution in [-0.2, 0) is 0 Å². The van der Waals surface area contributed by atoms with Crippen molar-refractivity contribution >= 4 is 27.7 Å². The molecule has 0 aliphatic heterocycles. The highest BCUT2D eigenvalue weighted by Crippen LogP contribution is 2.22. The minimum absolute atomic E-state index is 0.329. The summed E-state index contributed by atoms with van der Waals surface area (Å²) in [5, 5.41) is 0. The van der Waals surface area contributed by atoms with Gasteiger partial charge in [-0.25, -0.2) is 0 Å². The first kappa shape index (κ1) is 14.1. The zero-order valence-electron chi connectivity index (χ0n) is 9.79. The third-order valence-corrected chi connectivity index (χ3v) is 4.11. The van der Waals surface area contributed by atoms with Gasteiger partial charge in [-0.3, -0.25) is 0 Å². The molecule has 90 valence electrons. The minimum Gasteiger partial charge on any atom is -0.327 e. The van der Waals surface area contributed by atoms with E-state index in [-0.39, 0.29) is 0 Å². The van der Waals surface area contributed by atoms with E-state index in [1.807, 2.05) is 17.8 Å². The zero-order valence-corrected chi connectivity index (χ0v) is 12.2. The second-order valence-electron chi connectivity index (χ2n) is 4.02. The Morgan fingerprint density at radius 2 is 2.19 bits per heavy atom. The highest BCUT2D eigenvalue weighted by atomic mass is 79.9. The molecule has 1 aromatic rings. The molecular weight excluding hydrogens is 282 g/mol. The lowest BCUT2D eigenvalue weighted by Gasteiger charge is -2.10. The Morgan fingerprint density at radius 1 is 1.38 bits per heavy atom. The molecule has 16 heavy (non-hydrogen) atoms. The summed E-state index contributed by atoms with van der Waals surface area (Å²) in [7, 11) is 0. The van der Waals surface area contributed by atoms with E-state index < -0.39 is 0 Å². The van der Waals surface area contributed by atoms with Crippen LogP contribution in [0.3, 0.4) is 0 Å². The number of halogens is 1. The Hall–Kier alpha value is 0.01000. The highest BCUT2D eigenvalue weighted by molar-refractivity contribution is 9.10. The van der Waals surface area contributed by atoms with Crippen LogP contribution < -0.4 is 5.73 Å². The molecule has 0 heterocycles. The summed E-state index contributed by atoms with van der Waals surface area (Å²) in [4.78, 5) is 1.29. The number of unbranched alkanes of at least 4 members (excludes halogenated alkanes) is 2. The molecule has 0 spiro atoms. The Morgan fingerprint density at radius 3 is 2.88 bits per heavy atom. The Kier molecular flexibility index (Phi) is 7.17. The Bertz CT molecular complexity index is 304. The molecule has 0 saturated heterocycles. The predicted molar refractivity (Wildman–Crippen MR) is 77.0 cm³/mol. The van der Waals surface area contributed by atoms with Gasteiger partial charge in [0.05, 0.1) is 0 Å². The molecule has 0 aromatic heterocycles. The summed E-state index contributed by atoms with van der Waals surface area (Å²) < 4.78 is 1.14. The van der Waals surface area contributed by atoms with Crippen LogP contribution in [0.1, 0.15) is 32.6 Å². The van der Waals surface area contributed by atoms with Crippen molar-refractivity contribution in [3.63, 3.8) is 0 Å². The monoisotopic (exact) mass is 301 g/mol. The number of benzene rings is 1. The van der Waals surface area contributed by atoms with Gasteiger partial charge in [-0.2, -0.15) is 0 Å². The molecule has 1 aromatic carbocycles. The molecule has 0 radical (unpaired) electrons. The molecule has 0 bridgehead atoms. The Balaban J connectivity index is 2.23. The van der Waals surface area contributed by atoms with E-state index in [1.54, 1.807) is 0 Å². The van der Waals surface area contributed by atoms with Crippen LogP contribution in [0, 0.1) is 0 Å². The molecule has 0 amide bonds.